The second-order valence-corrected chi connectivity index (χ2v) is 4.13. The summed E-state index contributed by atoms with van der Waals surface area (Å²) >= 11 is 0. The Balaban J connectivity index is 2.25. The van der Waals surface area contributed by atoms with Gasteiger partial charge in [-0.05, 0) is 19.5 Å². The van der Waals surface area contributed by atoms with Gasteiger partial charge in [-0.3, -0.25) is 4.90 Å². The molecule has 1 rings (SSSR count). The van der Waals surface area contributed by atoms with Gasteiger partial charge in [-0.15, -0.1) is 0 Å². The second kappa shape index (κ2) is 7.39. The Bertz CT molecular complexity index is 302. The SMILES string of the molecule is Cc1cccc(CN(C)CCOCCN)c1. The van der Waals surface area contributed by atoms with E-state index in [0.717, 1.165) is 19.7 Å². The van der Waals surface area contributed by atoms with Gasteiger partial charge in [0.1, 0.15) is 0 Å². The number of benzene rings is 1. The smallest absolute Gasteiger partial charge is 0.0594 e. The number of nitrogens with two attached hydrogens (primary N) is 1. The molecule has 0 atom stereocenters. The molecule has 16 heavy (non-hydrogen) atoms. The molecule has 0 spiro atoms. The summed E-state index contributed by atoms with van der Waals surface area (Å²) in [5.41, 5.74) is 8.01. The van der Waals surface area contributed by atoms with E-state index in [1.807, 2.05) is 0 Å². The van der Waals surface area contributed by atoms with Crippen LogP contribution < -0.4 is 5.73 Å². The van der Waals surface area contributed by atoms with Crippen molar-refractivity contribution in [3.63, 3.8) is 0 Å². The van der Waals surface area contributed by atoms with Crippen molar-refractivity contribution in [2.75, 3.05) is 33.4 Å². The summed E-state index contributed by atoms with van der Waals surface area (Å²) in [5, 5.41) is 0. The topological polar surface area (TPSA) is 38.5 Å². The third kappa shape index (κ3) is 5.26. The first-order valence-electron chi connectivity index (χ1n) is 5.74. The maximum Gasteiger partial charge on any atom is 0.0594 e. The van der Waals surface area contributed by atoms with Crippen molar-refractivity contribution < 1.29 is 4.74 Å². The van der Waals surface area contributed by atoms with E-state index in [9.17, 15) is 0 Å². The fourth-order valence-corrected chi connectivity index (χ4v) is 1.61. The van der Waals surface area contributed by atoms with Gasteiger partial charge in [-0.2, -0.15) is 0 Å². The summed E-state index contributed by atoms with van der Waals surface area (Å²) in [4.78, 5) is 2.26. The normalized spacial score (nSPS) is 11.0. The number of hydrogen-bond acceptors (Lipinski definition) is 3. The first-order valence-corrected chi connectivity index (χ1v) is 5.74. The molecule has 0 bridgehead atoms. The molecule has 1 aromatic carbocycles. The standard InChI is InChI=1S/C13H22N2O/c1-12-4-3-5-13(10-12)11-15(2)7-9-16-8-6-14/h3-5,10H,6-9,11,14H2,1-2H3. The van der Waals surface area contributed by atoms with Crippen molar-refractivity contribution >= 4 is 0 Å². The molecule has 0 amide bonds. The highest BCUT2D eigenvalue weighted by molar-refractivity contribution is 5.21. The van der Waals surface area contributed by atoms with Gasteiger partial charge in [0.15, 0.2) is 0 Å². The number of nitrogens with zero attached hydrogens (tertiary/aromatic N) is 1. The van der Waals surface area contributed by atoms with Gasteiger partial charge in [-0.25, -0.2) is 0 Å². The molecule has 0 saturated heterocycles. The molecular weight excluding hydrogens is 200 g/mol. The van der Waals surface area contributed by atoms with Crippen molar-refractivity contribution in [3.05, 3.63) is 35.4 Å². The van der Waals surface area contributed by atoms with Gasteiger partial charge in [-0.1, -0.05) is 29.8 Å². The van der Waals surface area contributed by atoms with Crippen LogP contribution in [0, 0.1) is 6.92 Å². The molecule has 2 N–H and O–H groups in total. The van der Waals surface area contributed by atoms with Crippen LogP contribution in [0.15, 0.2) is 24.3 Å². The summed E-state index contributed by atoms with van der Waals surface area (Å²) in [6, 6.07) is 8.60. The average Bonchev–Trinajstić information content (AvgIpc) is 2.24. The Morgan fingerprint density at radius 2 is 2.12 bits per heavy atom. The van der Waals surface area contributed by atoms with E-state index in [-0.39, 0.29) is 0 Å². The van der Waals surface area contributed by atoms with E-state index in [0.29, 0.717) is 13.2 Å². The molecule has 3 nitrogen and oxygen atoms in total. The van der Waals surface area contributed by atoms with Crippen LogP contribution >= 0.6 is 0 Å². The molecule has 90 valence electrons. The van der Waals surface area contributed by atoms with Gasteiger partial charge < -0.3 is 10.5 Å². The number of rotatable bonds is 7. The van der Waals surface area contributed by atoms with E-state index in [4.69, 9.17) is 10.5 Å². The lowest BCUT2D eigenvalue weighted by Crippen LogP contribution is -2.23. The fraction of sp³-hybridized carbons (Fsp3) is 0.538. The molecule has 0 aliphatic rings. The number of ether oxygens (including phenoxy) is 1. The molecular formula is C13H22N2O. The van der Waals surface area contributed by atoms with E-state index in [2.05, 4.69) is 43.1 Å². The lowest BCUT2D eigenvalue weighted by Gasteiger charge is -2.16. The summed E-state index contributed by atoms with van der Waals surface area (Å²) in [6.07, 6.45) is 0. The fourth-order valence-electron chi connectivity index (χ4n) is 1.61. The zero-order valence-electron chi connectivity index (χ0n) is 10.3. The zero-order valence-corrected chi connectivity index (χ0v) is 10.3. The van der Waals surface area contributed by atoms with E-state index < -0.39 is 0 Å². The Kier molecular flexibility index (Phi) is 6.08. The van der Waals surface area contributed by atoms with Gasteiger partial charge in [0.25, 0.3) is 0 Å². The van der Waals surface area contributed by atoms with Crippen molar-refractivity contribution in [1.82, 2.24) is 4.90 Å². The van der Waals surface area contributed by atoms with Crippen molar-refractivity contribution in [2.24, 2.45) is 5.73 Å². The Labute approximate surface area is 98.2 Å². The number of aryl methyl sites for hydroxylation is 1. The quantitative estimate of drug-likeness (QED) is 0.709. The second-order valence-electron chi connectivity index (χ2n) is 4.13. The summed E-state index contributed by atoms with van der Waals surface area (Å²) in [6.45, 7) is 6.02. The Morgan fingerprint density at radius 1 is 1.31 bits per heavy atom. The van der Waals surface area contributed by atoms with Gasteiger partial charge in [0, 0.05) is 19.6 Å². The van der Waals surface area contributed by atoms with Crippen molar-refractivity contribution in [1.29, 1.82) is 0 Å². The molecule has 0 saturated carbocycles. The Hall–Kier alpha value is -0.900. The Morgan fingerprint density at radius 3 is 2.81 bits per heavy atom. The average molecular weight is 222 g/mol. The van der Waals surface area contributed by atoms with E-state index in [1.54, 1.807) is 0 Å². The van der Waals surface area contributed by atoms with E-state index >= 15 is 0 Å². The molecule has 3 heteroatoms. The highest BCUT2D eigenvalue weighted by Crippen LogP contribution is 2.06. The summed E-state index contributed by atoms with van der Waals surface area (Å²) in [5.74, 6) is 0. The lowest BCUT2D eigenvalue weighted by molar-refractivity contribution is 0.115. The predicted octanol–water partition coefficient (Wildman–Crippen LogP) is 1.40. The summed E-state index contributed by atoms with van der Waals surface area (Å²) in [7, 11) is 2.11. The molecule has 1 aromatic rings. The zero-order chi connectivity index (χ0) is 11.8. The van der Waals surface area contributed by atoms with Crippen molar-refractivity contribution in [2.45, 2.75) is 13.5 Å². The minimum Gasteiger partial charge on any atom is -0.379 e. The van der Waals surface area contributed by atoms with Gasteiger partial charge >= 0.3 is 0 Å². The molecule has 0 aliphatic heterocycles. The maximum atomic E-state index is 5.35. The largest absolute Gasteiger partial charge is 0.379 e. The predicted molar refractivity (Wildman–Crippen MR) is 67.4 cm³/mol. The van der Waals surface area contributed by atoms with Crippen molar-refractivity contribution in [3.8, 4) is 0 Å². The minimum absolute atomic E-state index is 0.599. The van der Waals surface area contributed by atoms with Crippen LogP contribution in [0.5, 0.6) is 0 Å². The molecule has 0 heterocycles. The first kappa shape index (κ1) is 13.2. The van der Waals surface area contributed by atoms with Crippen LogP contribution in [0.3, 0.4) is 0 Å². The maximum absolute atomic E-state index is 5.35. The monoisotopic (exact) mass is 222 g/mol. The van der Waals surface area contributed by atoms with Crippen LogP contribution in [-0.2, 0) is 11.3 Å². The van der Waals surface area contributed by atoms with Crippen LogP contribution in [0.2, 0.25) is 0 Å². The summed E-state index contributed by atoms with van der Waals surface area (Å²) < 4.78 is 5.35. The highest BCUT2D eigenvalue weighted by Gasteiger charge is 2.00. The van der Waals surface area contributed by atoms with Crippen LogP contribution in [0.1, 0.15) is 11.1 Å². The minimum atomic E-state index is 0.599. The molecule has 0 fully saturated rings. The molecule has 0 aromatic heterocycles. The van der Waals surface area contributed by atoms with Crippen LogP contribution in [0.4, 0.5) is 0 Å². The molecule has 0 radical (unpaired) electrons. The van der Waals surface area contributed by atoms with Gasteiger partial charge in [0.2, 0.25) is 0 Å². The van der Waals surface area contributed by atoms with Crippen LogP contribution in [0.25, 0.3) is 0 Å². The molecule has 0 unspecified atom stereocenters. The first-order chi connectivity index (χ1) is 7.72. The molecule has 0 aliphatic carbocycles. The third-order valence-corrected chi connectivity index (χ3v) is 2.41. The highest BCUT2D eigenvalue weighted by atomic mass is 16.5. The van der Waals surface area contributed by atoms with Crippen LogP contribution in [-0.4, -0.2) is 38.3 Å². The van der Waals surface area contributed by atoms with E-state index in [1.165, 1.54) is 11.1 Å². The number of likely N-dealkylation sites (N-methyl/N-ethyl adjacent to an activating group) is 1. The van der Waals surface area contributed by atoms with Gasteiger partial charge in [0.05, 0.1) is 13.2 Å². The number of hydrogen-bond donors (Lipinski definition) is 1. The third-order valence-electron chi connectivity index (χ3n) is 2.41. The lowest BCUT2D eigenvalue weighted by atomic mass is 10.1.